The summed E-state index contributed by atoms with van der Waals surface area (Å²) in [7, 11) is -3.69. The van der Waals surface area contributed by atoms with Crippen molar-refractivity contribution in [3.63, 3.8) is 0 Å². The highest BCUT2D eigenvalue weighted by Crippen LogP contribution is 2.23. The van der Waals surface area contributed by atoms with Crippen LogP contribution in [0.5, 0.6) is 0 Å². The fourth-order valence-electron chi connectivity index (χ4n) is 1.87. The molecule has 0 spiro atoms. The van der Waals surface area contributed by atoms with Gasteiger partial charge in [0.05, 0.1) is 15.9 Å². The molecule has 21 heavy (non-hydrogen) atoms. The lowest BCUT2D eigenvalue weighted by Gasteiger charge is -2.38. The van der Waals surface area contributed by atoms with E-state index in [9.17, 15) is 23.3 Å². The standard InChI is InChI=1S/C12H13N3O5S/c1-2-12(16)13-9-7-14(8-9)21(19,20)11-5-3-10(4-6-11)15(17)18/h2-6,9H,1,7-8H2,(H,13,16). The molecule has 1 aromatic carbocycles. The molecule has 1 aliphatic heterocycles. The van der Waals surface area contributed by atoms with Crippen molar-refractivity contribution >= 4 is 21.6 Å². The number of sulfonamides is 1. The Morgan fingerprint density at radius 3 is 2.43 bits per heavy atom. The van der Waals surface area contributed by atoms with Crippen LogP contribution in [0.25, 0.3) is 0 Å². The van der Waals surface area contributed by atoms with Gasteiger partial charge in [0.2, 0.25) is 15.9 Å². The summed E-state index contributed by atoms with van der Waals surface area (Å²) >= 11 is 0. The van der Waals surface area contributed by atoms with Gasteiger partial charge in [-0.1, -0.05) is 6.58 Å². The van der Waals surface area contributed by atoms with Gasteiger partial charge in [0, 0.05) is 25.2 Å². The van der Waals surface area contributed by atoms with Crippen molar-refractivity contribution in [1.82, 2.24) is 9.62 Å². The minimum atomic E-state index is -3.69. The van der Waals surface area contributed by atoms with Gasteiger partial charge in [-0.15, -0.1) is 0 Å². The number of carbonyl (C=O) groups excluding carboxylic acids is 1. The highest BCUT2D eigenvalue weighted by molar-refractivity contribution is 7.89. The van der Waals surface area contributed by atoms with E-state index in [1.165, 1.54) is 16.4 Å². The molecule has 0 aliphatic carbocycles. The fourth-order valence-corrected chi connectivity index (χ4v) is 3.41. The van der Waals surface area contributed by atoms with E-state index in [0.29, 0.717) is 0 Å². The Morgan fingerprint density at radius 2 is 1.95 bits per heavy atom. The van der Waals surface area contributed by atoms with E-state index in [1.807, 2.05) is 0 Å². The molecular weight excluding hydrogens is 298 g/mol. The zero-order valence-electron chi connectivity index (χ0n) is 10.9. The van der Waals surface area contributed by atoms with E-state index < -0.39 is 14.9 Å². The Morgan fingerprint density at radius 1 is 1.38 bits per heavy atom. The summed E-state index contributed by atoms with van der Waals surface area (Å²) in [6.45, 7) is 3.64. The molecule has 112 valence electrons. The highest BCUT2D eigenvalue weighted by Gasteiger charge is 2.37. The van der Waals surface area contributed by atoms with Gasteiger partial charge in [-0.25, -0.2) is 8.42 Å². The van der Waals surface area contributed by atoms with E-state index in [-0.39, 0.29) is 35.6 Å². The topological polar surface area (TPSA) is 110 Å². The van der Waals surface area contributed by atoms with Crippen LogP contribution in [0, 0.1) is 10.1 Å². The maximum atomic E-state index is 12.2. The predicted octanol–water partition coefficient (Wildman–Crippen LogP) is 0.270. The molecule has 1 fully saturated rings. The van der Waals surface area contributed by atoms with Crippen LogP contribution in [0.3, 0.4) is 0 Å². The summed E-state index contributed by atoms with van der Waals surface area (Å²) in [6.07, 6.45) is 1.12. The normalized spacial score (nSPS) is 16.0. The second-order valence-corrected chi connectivity index (χ2v) is 6.42. The van der Waals surface area contributed by atoms with Crippen molar-refractivity contribution < 1.29 is 18.1 Å². The Labute approximate surface area is 121 Å². The smallest absolute Gasteiger partial charge is 0.269 e. The number of hydrogen-bond donors (Lipinski definition) is 1. The van der Waals surface area contributed by atoms with Crippen molar-refractivity contribution in [1.29, 1.82) is 0 Å². The van der Waals surface area contributed by atoms with Crippen molar-refractivity contribution in [2.45, 2.75) is 10.9 Å². The van der Waals surface area contributed by atoms with Crippen LogP contribution in [0.15, 0.2) is 41.8 Å². The summed E-state index contributed by atoms with van der Waals surface area (Å²) in [4.78, 5) is 21.0. The molecule has 0 saturated carbocycles. The molecule has 1 aromatic rings. The van der Waals surface area contributed by atoms with Crippen molar-refractivity contribution in [2.24, 2.45) is 0 Å². The first-order valence-electron chi connectivity index (χ1n) is 6.02. The molecule has 8 nitrogen and oxygen atoms in total. The highest BCUT2D eigenvalue weighted by atomic mass is 32.2. The molecule has 1 amide bonds. The summed E-state index contributed by atoms with van der Waals surface area (Å²) in [5.74, 6) is -0.354. The average Bonchev–Trinajstić information content (AvgIpc) is 2.41. The van der Waals surface area contributed by atoms with Crippen molar-refractivity contribution in [3.05, 3.63) is 47.0 Å². The first kappa shape index (κ1) is 15.1. The molecule has 1 N–H and O–H groups in total. The SMILES string of the molecule is C=CC(=O)NC1CN(S(=O)(=O)c2ccc([N+](=O)[O-])cc2)C1. The van der Waals surface area contributed by atoms with Gasteiger partial charge >= 0.3 is 0 Å². The molecule has 0 atom stereocenters. The van der Waals surface area contributed by atoms with Crippen LogP contribution in [-0.4, -0.2) is 42.7 Å². The van der Waals surface area contributed by atoms with Crippen LogP contribution >= 0.6 is 0 Å². The molecule has 1 heterocycles. The second-order valence-electron chi connectivity index (χ2n) is 4.48. The Kier molecular flexibility index (Phi) is 4.05. The van der Waals surface area contributed by atoms with Gasteiger partial charge < -0.3 is 5.32 Å². The molecule has 0 aromatic heterocycles. The lowest BCUT2D eigenvalue weighted by Crippen LogP contribution is -2.60. The van der Waals surface area contributed by atoms with Gasteiger partial charge in [-0.3, -0.25) is 14.9 Å². The van der Waals surface area contributed by atoms with Gasteiger partial charge in [-0.2, -0.15) is 4.31 Å². The van der Waals surface area contributed by atoms with Crippen molar-refractivity contribution in [2.75, 3.05) is 13.1 Å². The lowest BCUT2D eigenvalue weighted by molar-refractivity contribution is -0.384. The summed E-state index contributed by atoms with van der Waals surface area (Å²) in [6, 6.07) is 4.43. The summed E-state index contributed by atoms with van der Waals surface area (Å²) < 4.78 is 25.6. The quantitative estimate of drug-likeness (QED) is 0.477. The number of carbonyl (C=O) groups is 1. The Bertz CT molecular complexity index is 677. The van der Waals surface area contributed by atoms with Gasteiger partial charge in [0.1, 0.15) is 0 Å². The van der Waals surface area contributed by atoms with Crippen LogP contribution in [-0.2, 0) is 14.8 Å². The number of nitrogens with one attached hydrogen (secondary N) is 1. The molecular formula is C12H13N3O5S. The van der Waals surface area contributed by atoms with E-state index in [2.05, 4.69) is 11.9 Å². The number of nitro benzene ring substituents is 1. The number of rotatable bonds is 5. The van der Waals surface area contributed by atoms with Crippen molar-refractivity contribution in [3.8, 4) is 0 Å². The van der Waals surface area contributed by atoms with E-state index >= 15 is 0 Å². The molecule has 1 aliphatic rings. The molecule has 1 saturated heterocycles. The number of benzene rings is 1. The molecule has 0 bridgehead atoms. The van der Waals surface area contributed by atoms with Crippen LogP contribution in [0.2, 0.25) is 0 Å². The van der Waals surface area contributed by atoms with Gasteiger partial charge in [-0.05, 0) is 18.2 Å². The minimum Gasteiger partial charge on any atom is -0.347 e. The third-order valence-electron chi connectivity index (χ3n) is 3.07. The number of nitro groups is 1. The molecule has 9 heteroatoms. The van der Waals surface area contributed by atoms with E-state index in [0.717, 1.165) is 18.2 Å². The fraction of sp³-hybridized carbons (Fsp3) is 0.250. The minimum absolute atomic E-state index is 0.0124. The monoisotopic (exact) mass is 311 g/mol. The predicted molar refractivity (Wildman–Crippen MR) is 74.0 cm³/mol. The van der Waals surface area contributed by atoms with Gasteiger partial charge in [0.15, 0.2) is 0 Å². The molecule has 0 radical (unpaired) electrons. The summed E-state index contributed by atoms with van der Waals surface area (Å²) in [5, 5.41) is 13.1. The third-order valence-corrected chi connectivity index (χ3v) is 4.91. The summed E-state index contributed by atoms with van der Waals surface area (Å²) in [5.41, 5.74) is -0.173. The third kappa shape index (κ3) is 3.09. The van der Waals surface area contributed by atoms with Crippen LogP contribution in [0.4, 0.5) is 5.69 Å². The van der Waals surface area contributed by atoms with Gasteiger partial charge in [0.25, 0.3) is 5.69 Å². The first-order valence-corrected chi connectivity index (χ1v) is 7.46. The maximum absolute atomic E-state index is 12.2. The Hall–Kier alpha value is -2.26. The largest absolute Gasteiger partial charge is 0.347 e. The molecule has 0 unspecified atom stereocenters. The second kappa shape index (κ2) is 5.62. The van der Waals surface area contributed by atoms with E-state index in [4.69, 9.17) is 0 Å². The first-order chi connectivity index (χ1) is 9.84. The van der Waals surface area contributed by atoms with Crippen LogP contribution < -0.4 is 5.32 Å². The Balaban J connectivity index is 2.05. The molecule has 2 rings (SSSR count). The van der Waals surface area contributed by atoms with E-state index in [1.54, 1.807) is 0 Å². The lowest BCUT2D eigenvalue weighted by atomic mass is 10.2. The number of non-ortho nitro benzene ring substituents is 1. The number of nitrogens with zero attached hydrogens (tertiary/aromatic N) is 2. The number of amides is 1. The zero-order chi connectivity index (χ0) is 15.6. The maximum Gasteiger partial charge on any atom is 0.269 e. The van der Waals surface area contributed by atoms with Crippen LogP contribution in [0.1, 0.15) is 0 Å². The number of hydrogen-bond acceptors (Lipinski definition) is 5. The zero-order valence-corrected chi connectivity index (χ0v) is 11.7. The average molecular weight is 311 g/mol.